The Morgan fingerprint density at radius 3 is 2.55 bits per heavy atom. The lowest BCUT2D eigenvalue weighted by atomic mass is 9.87. The van der Waals surface area contributed by atoms with Crippen LogP contribution in [0, 0.1) is 0 Å². The van der Waals surface area contributed by atoms with Crippen LogP contribution < -0.4 is 0 Å². The number of aliphatic hydroxyl groups excluding tert-OH is 1. The molecule has 0 radical (unpaired) electrons. The molecule has 0 heterocycles. The lowest BCUT2D eigenvalue weighted by Crippen LogP contribution is -2.26. The summed E-state index contributed by atoms with van der Waals surface area (Å²) in [7, 11) is 0. The molecule has 0 aromatic carbocycles. The van der Waals surface area contributed by atoms with Gasteiger partial charge < -0.3 is 10.2 Å². The fourth-order valence-corrected chi connectivity index (χ4v) is 1.41. The van der Waals surface area contributed by atoms with Crippen molar-refractivity contribution < 1.29 is 10.2 Å². The molecule has 0 aromatic heterocycles. The van der Waals surface area contributed by atoms with E-state index in [1.165, 1.54) is 0 Å². The van der Waals surface area contributed by atoms with Crippen LogP contribution in [-0.4, -0.2) is 21.9 Å². The van der Waals surface area contributed by atoms with E-state index in [0.29, 0.717) is 0 Å². The van der Waals surface area contributed by atoms with Gasteiger partial charge >= 0.3 is 0 Å². The first-order valence-corrected chi connectivity index (χ1v) is 4.12. The van der Waals surface area contributed by atoms with Gasteiger partial charge in [-0.1, -0.05) is 6.08 Å². The first-order chi connectivity index (χ1) is 5.00. The number of hydrogen-bond acceptors (Lipinski definition) is 2. The second kappa shape index (κ2) is 2.95. The maximum Gasteiger partial charge on any atom is 0.0801 e. The average molecular weight is 156 g/mol. The third kappa shape index (κ3) is 2.31. The van der Waals surface area contributed by atoms with Gasteiger partial charge in [0, 0.05) is 0 Å². The summed E-state index contributed by atoms with van der Waals surface area (Å²) in [5.74, 6) is 0. The summed E-state index contributed by atoms with van der Waals surface area (Å²) in [4.78, 5) is 0. The molecule has 0 spiro atoms. The van der Waals surface area contributed by atoms with Gasteiger partial charge in [-0.05, 0) is 38.7 Å². The van der Waals surface area contributed by atoms with Crippen molar-refractivity contribution in [1.29, 1.82) is 0 Å². The standard InChI is InChI=1S/C9H16O2/c1-9(2,11)7-4-3-5-8(10)6-7/h6,8,10-11H,3-5H2,1-2H3. The van der Waals surface area contributed by atoms with E-state index in [0.717, 1.165) is 24.8 Å². The zero-order valence-electron chi connectivity index (χ0n) is 7.17. The zero-order valence-corrected chi connectivity index (χ0v) is 7.17. The van der Waals surface area contributed by atoms with Gasteiger partial charge in [0.2, 0.25) is 0 Å². The van der Waals surface area contributed by atoms with Crippen LogP contribution in [0.5, 0.6) is 0 Å². The van der Waals surface area contributed by atoms with Crippen LogP contribution in [0.2, 0.25) is 0 Å². The molecule has 0 aliphatic heterocycles. The van der Waals surface area contributed by atoms with Crippen molar-refractivity contribution in [3.8, 4) is 0 Å². The van der Waals surface area contributed by atoms with E-state index in [1.54, 1.807) is 19.9 Å². The van der Waals surface area contributed by atoms with Crippen molar-refractivity contribution in [3.63, 3.8) is 0 Å². The SMILES string of the molecule is CC(C)(O)C1=CC(O)CCC1. The molecule has 1 rings (SSSR count). The highest BCUT2D eigenvalue weighted by Gasteiger charge is 2.22. The van der Waals surface area contributed by atoms with E-state index in [2.05, 4.69) is 0 Å². The van der Waals surface area contributed by atoms with E-state index in [-0.39, 0.29) is 6.10 Å². The van der Waals surface area contributed by atoms with Crippen molar-refractivity contribution in [3.05, 3.63) is 11.6 Å². The van der Waals surface area contributed by atoms with Crippen molar-refractivity contribution in [1.82, 2.24) is 0 Å². The number of hydrogen-bond donors (Lipinski definition) is 2. The molecule has 0 fully saturated rings. The molecule has 64 valence electrons. The normalized spacial score (nSPS) is 26.5. The van der Waals surface area contributed by atoms with Crippen LogP contribution in [0.4, 0.5) is 0 Å². The summed E-state index contributed by atoms with van der Waals surface area (Å²) in [6.45, 7) is 3.52. The number of aliphatic hydroxyl groups is 2. The Kier molecular flexibility index (Phi) is 2.35. The number of rotatable bonds is 1. The smallest absolute Gasteiger partial charge is 0.0801 e. The molecule has 1 aliphatic rings. The minimum atomic E-state index is -0.749. The molecule has 2 N–H and O–H groups in total. The maximum absolute atomic E-state index is 9.58. The molecule has 2 heteroatoms. The quantitative estimate of drug-likeness (QED) is 0.560. The Morgan fingerprint density at radius 1 is 1.55 bits per heavy atom. The molecular weight excluding hydrogens is 140 g/mol. The maximum atomic E-state index is 9.58. The van der Waals surface area contributed by atoms with Gasteiger partial charge in [-0.2, -0.15) is 0 Å². The third-order valence-electron chi connectivity index (χ3n) is 2.13. The highest BCUT2D eigenvalue weighted by Crippen LogP contribution is 2.26. The molecule has 11 heavy (non-hydrogen) atoms. The highest BCUT2D eigenvalue weighted by molar-refractivity contribution is 5.17. The zero-order chi connectivity index (χ0) is 8.48. The van der Waals surface area contributed by atoms with E-state index in [1.807, 2.05) is 0 Å². The lowest BCUT2D eigenvalue weighted by molar-refractivity contribution is 0.106. The fourth-order valence-electron chi connectivity index (χ4n) is 1.41. The Balaban J connectivity index is 2.71. The third-order valence-corrected chi connectivity index (χ3v) is 2.13. The van der Waals surface area contributed by atoms with Gasteiger partial charge in [0.25, 0.3) is 0 Å². The molecule has 0 aromatic rings. The fraction of sp³-hybridized carbons (Fsp3) is 0.778. The highest BCUT2D eigenvalue weighted by atomic mass is 16.3. The minimum absolute atomic E-state index is 0.342. The Bertz CT molecular complexity index is 165. The molecule has 0 saturated carbocycles. The lowest BCUT2D eigenvalue weighted by Gasteiger charge is -2.26. The summed E-state index contributed by atoms with van der Waals surface area (Å²) < 4.78 is 0. The van der Waals surface area contributed by atoms with Crippen LogP contribution in [-0.2, 0) is 0 Å². The van der Waals surface area contributed by atoms with Gasteiger partial charge in [0.1, 0.15) is 0 Å². The van der Waals surface area contributed by atoms with Crippen molar-refractivity contribution in [2.75, 3.05) is 0 Å². The molecular formula is C9H16O2. The van der Waals surface area contributed by atoms with Gasteiger partial charge in [-0.3, -0.25) is 0 Å². The van der Waals surface area contributed by atoms with Crippen LogP contribution in [0.3, 0.4) is 0 Å². The monoisotopic (exact) mass is 156 g/mol. The van der Waals surface area contributed by atoms with Crippen molar-refractivity contribution in [2.24, 2.45) is 0 Å². The predicted octanol–water partition coefficient (Wildman–Crippen LogP) is 1.23. The average Bonchev–Trinajstić information content (AvgIpc) is 1.86. The summed E-state index contributed by atoms with van der Waals surface area (Å²) in [6.07, 6.45) is 4.17. The second-order valence-electron chi connectivity index (χ2n) is 3.71. The second-order valence-corrected chi connectivity index (χ2v) is 3.71. The van der Waals surface area contributed by atoms with Crippen LogP contribution in [0.25, 0.3) is 0 Å². The molecule has 1 atom stereocenters. The van der Waals surface area contributed by atoms with Crippen LogP contribution in [0.1, 0.15) is 33.1 Å². The molecule has 2 nitrogen and oxygen atoms in total. The summed E-state index contributed by atoms with van der Waals surface area (Å²) in [5.41, 5.74) is 0.220. The van der Waals surface area contributed by atoms with Gasteiger partial charge in [0.15, 0.2) is 0 Å². The first kappa shape index (κ1) is 8.75. The summed E-state index contributed by atoms with van der Waals surface area (Å²) in [6, 6.07) is 0. The summed E-state index contributed by atoms with van der Waals surface area (Å²) >= 11 is 0. The topological polar surface area (TPSA) is 40.5 Å². The van der Waals surface area contributed by atoms with Gasteiger partial charge in [-0.15, -0.1) is 0 Å². The van der Waals surface area contributed by atoms with Gasteiger partial charge in [-0.25, -0.2) is 0 Å². The van der Waals surface area contributed by atoms with Crippen LogP contribution >= 0.6 is 0 Å². The Labute approximate surface area is 67.6 Å². The van der Waals surface area contributed by atoms with E-state index < -0.39 is 5.60 Å². The van der Waals surface area contributed by atoms with E-state index >= 15 is 0 Å². The van der Waals surface area contributed by atoms with Crippen molar-refractivity contribution in [2.45, 2.75) is 44.8 Å². The molecule has 1 unspecified atom stereocenters. The predicted molar refractivity (Wildman–Crippen MR) is 44.2 cm³/mol. The molecule has 0 saturated heterocycles. The minimum Gasteiger partial charge on any atom is -0.389 e. The Morgan fingerprint density at radius 2 is 2.18 bits per heavy atom. The van der Waals surface area contributed by atoms with Gasteiger partial charge in [0.05, 0.1) is 11.7 Å². The Hall–Kier alpha value is -0.340. The van der Waals surface area contributed by atoms with E-state index in [4.69, 9.17) is 0 Å². The van der Waals surface area contributed by atoms with Crippen LogP contribution in [0.15, 0.2) is 11.6 Å². The largest absolute Gasteiger partial charge is 0.389 e. The molecule has 0 amide bonds. The van der Waals surface area contributed by atoms with Crippen molar-refractivity contribution >= 4 is 0 Å². The molecule has 0 bridgehead atoms. The van der Waals surface area contributed by atoms with E-state index in [9.17, 15) is 10.2 Å². The summed E-state index contributed by atoms with van der Waals surface area (Å²) in [5, 5.41) is 18.8. The first-order valence-electron chi connectivity index (χ1n) is 4.12. The molecule has 1 aliphatic carbocycles.